The van der Waals surface area contributed by atoms with Gasteiger partial charge in [0.25, 0.3) is 0 Å². The van der Waals surface area contributed by atoms with Crippen LogP contribution in [0, 0.1) is 11.8 Å². The van der Waals surface area contributed by atoms with Crippen LogP contribution in [0.15, 0.2) is 48.6 Å². The first-order valence-corrected chi connectivity index (χ1v) is 23.1. The summed E-state index contributed by atoms with van der Waals surface area (Å²) in [6.45, 7) is 14.3. The maximum atomic E-state index is 13.4. The third-order valence-electron chi connectivity index (χ3n) is 12.0. The summed E-state index contributed by atoms with van der Waals surface area (Å²) in [5.74, 6) is -1.65. The minimum absolute atomic E-state index is 0.0739. The van der Waals surface area contributed by atoms with Crippen molar-refractivity contribution in [3.63, 3.8) is 0 Å². The standard InChI is InChI=1S/C26H36O9.C26H34O9/c2*1-15-11-12-18(27)24-19(34-26(3,4)35-24)10-8-9-17-22(25(28)33-16(15)2)20(32-14-29-5)13-21(30-6)23(17)31-7/h8-9,11-13,15-16,18-19,24,27H,10,14H2,1-7H3;8-9,11-13,15-16,19,24H,10,14H2,1-7H3/b2*9-8?,12-11-/t15-,16+,18?,19+,24-;15-,16+,19+,24-/m11/s1. The molecule has 0 bridgehead atoms. The highest BCUT2D eigenvalue weighted by Crippen LogP contribution is 2.44. The highest BCUT2D eigenvalue weighted by molar-refractivity contribution is 6.00. The maximum absolute atomic E-state index is 13.4. The van der Waals surface area contributed by atoms with Crippen molar-refractivity contribution in [2.45, 2.75) is 123 Å². The van der Waals surface area contributed by atoms with Gasteiger partial charge in [-0.15, -0.1) is 0 Å². The van der Waals surface area contributed by atoms with Crippen LogP contribution >= 0.6 is 0 Å². The molecule has 4 aliphatic heterocycles. The largest absolute Gasteiger partial charge is 0.493 e. The van der Waals surface area contributed by atoms with E-state index >= 15 is 0 Å². The summed E-state index contributed by atoms with van der Waals surface area (Å²) in [5.41, 5.74) is 1.21. The van der Waals surface area contributed by atoms with E-state index in [9.17, 15) is 19.5 Å². The van der Waals surface area contributed by atoms with Gasteiger partial charge in [0, 0.05) is 49.3 Å². The van der Waals surface area contributed by atoms with E-state index in [0.29, 0.717) is 47.0 Å². The molecule has 18 nitrogen and oxygen atoms in total. The molecular weight excluding hydrogens is 913 g/mol. The first-order chi connectivity index (χ1) is 33.2. The SMILES string of the molecule is COCOc1cc(OC)c(OC)c2c1C(=O)O[C@@H](C)[C@H](C)/C=C\C(=O)[C@H]1OC(C)(C)O[C@H]1CC=C2.COCOc1cc(OC)c(OC)c2c1C(=O)O[C@@H](C)[C@H](C)/C=C\C(O)[C@H]1OC(C)(C)O[C@H]1CC=C2. The van der Waals surface area contributed by atoms with Crippen LogP contribution in [-0.2, 0) is 42.7 Å². The molecule has 0 spiro atoms. The molecule has 4 heterocycles. The summed E-state index contributed by atoms with van der Waals surface area (Å²) in [7, 11) is 8.95. The Balaban J connectivity index is 0.000000261. The van der Waals surface area contributed by atoms with E-state index < -0.39 is 66.2 Å². The lowest BCUT2D eigenvalue weighted by molar-refractivity contribution is -0.152. The summed E-state index contributed by atoms with van der Waals surface area (Å²) in [5, 5.41) is 10.8. The number of fused-ring (bicyclic) bond motifs is 4. The number of ether oxygens (including phenoxy) is 14. The molecule has 2 saturated heterocycles. The van der Waals surface area contributed by atoms with E-state index in [0.717, 1.165) is 0 Å². The van der Waals surface area contributed by atoms with Crippen LogP contribution in [0.1, 0.15) is 100 Å². The molecule has 0 aliphatic carbocycles. The Labute approximate surface area is 410 Å². The molecule has 1 unspecified atom stereocenters. The lowest BCUT2D eigenvalue weighted by atomic mass is 9.98. The molecule has 4 aliphatic rings. The molecule has 18 heteroatoms. The number of rotatable bonds is 10. The molecule has 70 heavy (non-hydrogen) atoms. The number of cyclic esters (lactones) is 2. The number of methoxy groups -OCH3 is 6. The molecular formula is C52H70O18. The quantitative estimate of drug-likeness (QED) is 0.138. The van der Waals surface area contributed by atoms with Gasteiger partial charge in [-0.2, -0.15) is 0 Å². The topological polar surface area (TPSA) is 201 Å². The number of ketones is 1. The molecule has 0 radical (unpaired) electrons. The van der Waals surface area contributed by atoms with Gasteiger partial charge in [-0.25, -0.2) is 9.59 Å². The molecule has 2 fully saturated rings. The van der Waals surface area contributed by atoms with Gasteiger partial charge in [0.15, 0.2) is 53.9 Å². The van der Waals surface area contributed by atoms with Gasteiger partial charge in [-0.1, -0.05) is 56.4 Å². The second kappa shape index (κ2) is 24.6. The second-order valence-electron chi connectivity index (χ2n) is 18.0. The van der Waals surface area contributed by atoms with Crippen LogP contribution in [0.2, 0.25) is 0 Å². The Bertz CT molecular complexity index is 2260. The highest BCUT2D eigenvalue weighted by Gasteiger charge is 2.45. The molecule has 386 valence electrons. The fraction of sp³-hybridized carbons (Fsp3) is 0.558. The number of esters is 2. The predicted octanol–water partition coefficient (Wildman–Crippen LogP) is 7.65. The normalized spacial score (nSPS) is 28.3. The lowest BCUT2D eigenvalue weighted by Crippen LogP contribution is -2.34. The monoisotopic (exact) mass is 982 g/mol. The van der Waals surface area contributed by atoms with E-state index in [1.807, 2.05) is 39.8 Å². The Morgan fingerprint density at radius 1 is 0.571 bits per heavy atom. The van der Waals surface area contributed by atoms with Crippen molar-refractivity contribution in [1.29, 1.82) is 0 Å². The van der Waals surface area contributed by atoms with Crippen LogP contribution in [0.25, 0.3) is 12.2 Å². The zero-order valence-electron chi connectivity index (χ0n) is 42.7. The van der Waals surface area contributed by atoms with Crippen LogP contribution < -0.4 is 28.4 Å². The first-order valence-electron chi connectivity index (χ1n) is 23.1. The van der Waals surface area contributed by atoms with Crippen molar-refractivity contribution in [2.24, 2.45) is 11.8 Å². The number of hydrogen-bond donors (Lipinski definition) is 1. The number of benzene rings is 2. The van der Waals surface area contributed by atoms with Crippen LogP contribution in [0.3, 0.4) is 0 Å². The van der Waals surface area contributed by atoms with Crippen LogP contribution in [0.5, 0.6) is 34.5 Å². The molecule has 9 atom stereocenters. The van der Waals surface area contributed by atoms with Gasteiger partial charge in [0.05, 0.1) is 40.6 Å². The van der Waals surface area contributed by atoms with Crippen molar-refractivity contribution in [3.8, 4) is 34.5 Å². The fourth-order valence-corrected chi connectivity index (χ4v) is 8.15. The van der Waals surface area contributed by atoms with Gasteiger partial charge in [-0.05, 0) is 60.5 Å². The number of aliphatic hydroxyl groups is 1. The van der Waals surface area contributed by atoms with E-state index in [2.05, 4.69) is 0 Å². The van der Waals surface area contributed by atoms with Crippen molar-refractivity contribution in [3.05, 3.63) is 70.8 Å². The molecule has 2 aromatic rings. The van der Waals surface area contributed by atoms with E-state index in [-0.39, 0.29) is 53.8 Å². The smallest absolute Gasteiger partial charge is 0.342 e. The molecule has 1 N–H and O–H groups in total. The maximum Gasteiger partial charge on any atom is 0.342 e. The first kappa shape index (κ1) is 55.5. The Kier molecular flexibility index (Phi) is 19.5. The fourth-order valence-electron chi connectivity index (χ4n) is 8.15. The summed E-state index contributed by atoms with van der Waals surface area (Å²) in [4.78, 5) is 39.7. The molecule has 0 saturated carbocycles. The number of carbonyl (C=O) groups is 3. The van der Waals surface area contributed by atoms with Crippen LogP contribution in [-0.4, -0.2) is 133 Å². The van der Waals surface area contributed by atoms with E-state index in [1.54, 1.807) is 70.2 Å². The molecule has 2 aromatic carbocycles. The predicted molar refractivity (Wildman–Crippen MR) is 256 cm³/mol. The lowest BCUT2D eigenvalue weighted by Gasteiger charge is -2.23. The van der Waals surface area contributed by atoms with Gasteiger partial charge in [0.1, 0.15) is 53.1 Å². The van der Waals surface area contributed by atoms with Gasteiger partial charge in [-0.3, -0.25) is 4.79 Å². The minimum Gasteiger partial charge on any atom is -0.493 e. The van der Waals surface area contributed by atoms with Crippen molar-refractivity contribution >= 4 is 29.9 Å². The molecule has 0 amide bonds. The molecule has 6 rings (SSSR count). The zero-order chi connectivity index (χ0) is 51.5. The number of carbonyl (C=O) groups excluding carboxylic acids is 3. The average Bonchev–Trinajstić information content (AvgIpc) is 3.82. The van der Waals surface area contributed by atoms with Crippen molar-refractivity contribution in [2.75, 3.05) is 56.2 Å². The molecule has 0 aromatic heterocycles. The Morgan fingerprint density at radius 2 is 1.03 bits per heavy atom. The summed E-state index contributed by atoms with van der Waals surface area (Å²) in [6.07, 6.45) is 10.4. The third kappa shape index (κ3) is 13.5. The van der Waals surface area contributed by atoms with Gasteiger partial charge in [0.2, 0.25) is 0 Å². The minimum atomic E-state index is -0.904. The Hall–Kier alpha value is -5.47. The van der Waals surface area contributed by atoms with Gasteiger partial charge < -0.3 is 71.4 Å². The Morgan fingerprint density at radius 3 is 1.50 bits per heavy atom. The summed E-state index contributed by atoms with van der Waals surface area (Å²) in [6, 6.07) is 3.14. The van der Waals surface area contributed by atoms with Crippen molar-refractivity contribution < 1.29 is 85.8 Å². The van der Waals surface area contributed by atoms with Gasteiger partial charge >= 0.3 is 11.9 Å². The van der Waals surface area contributed by atoms with Crippen LogP contribution in [0.4, 0.5) is 0 Å². The van der Waals surface area contributed by atoms with Crippen molar-refractivity contribution in [1.82, 2.24) is 0 Å². The summed E-state index contributed by atoms with van der Waals surface area (Å²) < 4.78 is 79.3. The second-order valence-corrected chi connectivity index (χ2v) is 18.0. The zero-order valence-corrected chi connectivity index (χ0v) is 42.7. The number of hydrogen-bond acceptors (Lipinski definition) is 18. The van der Waals surface area contributed by atoms with E-state index in [1.165, 1.54) is 48.7 Å². The summed E-state index contributed by atoms with van der Waals surface area (Å²) >= 11 is 0. The number of aliphatic hydroxyl groups excluding tert-OH is 1. The third-order valence-corrected chi connectivity index (χ3v) is 12.0. The highest BCUT2D eigenvalue weighted by atomic mass is 16.8. The average molecular weight is 983 g/mol. The van der Waals surface area contributed by atoms with E-state index in [4.69, 9.17) is 66.3 Å².